The Morgan fingerprint density at radius 3 is 1.85 bits per heavy atom. The monoisotopic (exact) mass is 383 g/mol. The summed E-state index contributed by atoms with van der Waals surface area (Å²) in [6, 6.07) is 9.55. The van der Waals surface area contributed by atoms with Gasteiger partial charge in [0, 0.05) is 24.2 Å². The second-order valence-corrected chi connectivity index (χ2v) is 5.27. The van der Waals surface area contributed by atoms with Crippen molar-refractivity contribution in [2.45, 2.75) is 13.1 Å². The molecule has 2 aromatic rings. The highest BCUT2D eigenvalue weighted by Crippen LogP contribution is 2.39. The Kier molecular flexibility index (Phi) is 8.88. The quantitative estimate of drug-likeness (QED) is 0.715. The maximum Gasteiger partial charge on any atom is 0.203 e. The van der Waals surface area contributed by atoms with Crippen molar-refractivity contribution in [1.82, 2.24) is 5.32 Å². The molecule has 0 aliphatic carbocycles. The van der Waals surface area contributed by atoms with E-state index in [1.807, 2.05) is 30.3 Å². The minimum atomic E-state index is 0. The third-order valence-corrected chi connectivity index (χ3v) is 3.90. The van der Waals surface area contributed by atoms with E-state index >= 15 is 0 Å². The molecule has 0 heterocycles. The maximum atomic E-state index is 5.50. The molecule has 0 unspecified atom stereocenters. The number of ether oxygens (including phenoxy) is 5. The van der Waals surface area contributed by atoms with E-state index in [2.05, 4.69) is 5.32 Å². The molecule has 0 aliphatic rings. The van der Waals surface area contributed by atoms with Crippen molar-refractivity contribution in [3.8, 4) is 28.7 Å². The fourth-order valence-corrected chi connectivity index (χ4v) is 2.65. The van der Waals surface area contributed by atoms with E-state index in [1.54, 1.807) is 35.5 Å². The first-order valence-electron chi connectivity index (χ1n) is 7.87. The van der Waals surface area contributed by atoms with Crippen molar-refractivity contribution in [3.63, 3.8) is 0 Å². The van der Waals surface area contributed by atoms with Gasteiger partial charge in [0.2, 0.25) is 5.75 Å². The number of halogens is 1. The van der Waals surface area contributed by atoms with Gasteiger partial charge in [0.25, 0.3) is 0 Å². The van der Waals surface area contributed by atoms with Crippen molar-refractivity contribution < 1.29 is 23.7 Å². The molecular weight excluding hydrogens is 358 g/mol. The van der Waals surface area contributed by atoms with Crippen LogP contribution in [0.25, 0.3) is 0 Å². The van der Waals surface area contributed by atoms with Gasteiger partial charge in [0.1, 0.15) is 11.5 Å². The summed E-state index contributed by atoms with van der Waals surface area (Å²) in [5, 5.41) is 3.40. The highest BCUT2D eigenvalue weighted by atomic mass is 35.5. The van der Waals surface area contributed by atoms with E-state index in [9.17, 15) is 0 Å². The number of benzene rings is 2. The first-order valence-corrected chi connectivity index (χ1v) is 7.87. The van der Waals surface area contributed by atoms with Gasteiger partial charge in [-0.3, -0.25) is 0 Å². The average molecular weight is 384 g/mol. The van der Waals surface area contributed by atoms with Gasteiger partial charge in [-0.1, -0.05) is 6.07 Å². The Morgan fingerprint density at radius 1 is 0.654 bits per heavy atom. The summed E-state index contributed by atoms with van der Waals surface area (Å²) < 4.78 is 26.9. The van der Waals surface area contributed by atoms with Crippen LogP contribution in [0.3, 0.4) is 0 Å². The first kappa shape index (κ1) is 21.7. The highest BCUT2D eigenvalue weighted by molar-refractivity contribution is 5.85. The van der Waals surface area contributed by atoms with Crippen LogP contribution in [0.1, 0.15) is 11.1 Å². The Balaban J connectivity index is 0.00000338. The third kappa shape index (κ3) is 4.86. The normalized spacial score (nSPS) is 9.88. The Labute approximate surface area is 160 Å². The first-order chi connectivity index (χ1) is 12.2. The second-order valence-electron chi connectivity index (χ2n) is 5.27. The summed E-state index contributed by atoms with van der Waals surface area (Å²) in [6.45, 7) is 1.22. The van der Waals surface area contributed by atoms with Crippen LogP contribution in [-0.2, 0) is 13.1 Å². The Bertz CT molecular complexity index is 709. The van der Waals surface area contributed by atoms with Crippen molar-refractivity contribution in [2.24, 2.45) is 0 Å². The van der Waals surface area contributed by atoms with Gasteiger partial charge in [0.05, 0.1) is 35.5 Å². The lowest BCUT2D eigenvalue weighted by Gasteiger charge is -2.16. The molecule has 1 N–H and O–H groups in total. The third-order valence-electron chi connectivity index (χ3n) is 3.90. The van der Waals surface area contributed by atoms with Crippen LogP contribution < -0.4 is 29.0 Å². The van der Waals surface area contributed by atoms with Crippen LogP contribution in [-0.4, -0.2) is 35.5 Å². The summed E-state index contributed by atoms with van der Waals surface area (Å²) in [7, 11) is 8.12. The lowest BCUT2D eigenvalue weighted by molar-refractivity contribution is 0.321. The molecule has 0 saturated carbocycles. The molecule has 0 amide bonds. The van der Waals surface area contributed by atoms with E-state index in [-0.39, 0.29) is 12.4 Å². The van der Waals surface area contributed by atoms with Crippen LogP contribution in [0.2, 0.25) is 0 Å². The lowest BCUT2D eigenvalue weighted by Crippen LogP contribution is -2.14. The van der Waals surface area contributed by atoms with Crippen LogP contribution >= 0.6 is 12.4 Å². The SMILES string of the molecule is COc1ccc(OC)c(CNCc2ccc(OC)c(OC)c2OC)c1.Cl. The molecule has 2 aromatic carbocycles. The van der Waals surface area contributed by atoms with Crippen LogP contribution in [0, 0.1) is 0 Å². The molecule has 26 heavy (non-hydrogen) atoms. The average Bonchev–Trinajstić information content (AvgIpc) is 2.66. The lowest BCUT2D eigenvalue weighted by atomic mass is 10.1. The molecule has 0 spiro atoms. The zero-order chi connectivity index (χ0) is 18.2. The molecular formula is C19H26ClNO5. The fourth-order valence-electron chi connectivity index (χ4n) is 2.65. The van der Waals surface area contributed by atoms with Crippen molar-refractivity contribution in [1.29, 1.82) is 0 Å². The van der Waals surface area contributed by atoms with E-state index in [1.165, 1.54) is 0 Å². The van der Waals surface area contributed by atoms with Gasteiger partial charge in [-0.15, -0.1) is 12.4 Å². The molecule has 0 aliphatic heterocycles. The van der Waals surface area contributed by atoms with Gasteiger partial charge in [-0.05, 0) is 24.3 Å². The molecule has 144 valence electrons. The fraction of sp³-hybridized carbons (Fsp3) is 0.368. The molecule has 0 fully saturated rings. The summed E-state index contributed by atoms with van der Waals surface area (Å²) >= 11 is 0. The number of hydrogen-bond acceptors (Lipinski definition) is 6. The highest BCUT2D eigenvalue weighted by Gasteiger charge is 2.15. The van der Waals surface area contributed by atoms with Crippen LogP contribution in [0.4, 0.5) is 0 Å². The van der Waals surface area contributed by atoms with Gasteiger partial charge >= 0.3 is 0 Å². The molecule has 6 nitrogen and oxygen atoms in total. The predicted octanol–water partition coefficient (Wildman–Crippen LogP) is 3.44. The van der Waals surface area contributed by atoms with Gasteiger partial charge in [-0.25, -0.2) is 0 Å². The summed E-state index contributed by atoms with van der Waals surface area (Å²) in [5.41, 5.74) is 1.99. The minimum absolute atomic E-state index is 0. The van der Waals surface area contributed by atoms with Gasteiger partial charge < -0.3 is 29.0 Å². The summed E-state index contributed by atoms with van der Waals surface area (Å²) in [4.78, 5) is 0. The summed E-state index contributed by atoms with van der Waals surface area (Å²) in [6.07, 6.45) is 0. The van der Waals surface area contributed by atoms with Gasteiger partial charge in [-0.2, -0.15) is 0 Å². The van der Waals surface area contributed by atoms with E-state index < -0.39 is 0 Å². The van der Waals surface area contributed by atoms with Crippen molar-refractivity contribution in [2.75, 3.05) is 35.5 Å². The molecule has 0 aromatic heterocycles. The number of hydrogen-bond donors (Lipinski definition) is 1. The molecule has 0 bridgehead atoms. The van der Waals surface area contributed by atoms with E-state index in [0.717, 1.165) is 22.6 Å². The van der Waals surface area contributed by atoms with Crippen molar-refractivity contribution in [3.05, 3.63) is 41.5 Å². The molecule has 7 heteroatoms. The molecule has 0 saturated heterocycles. The maximum absolute atomic E-state index is 5.50. The zero-order valence-electron chi connectivity index (χ0n) is 15.8. The number of rotatable bonds is 9. The zero-order valence-corrected chi connectivity index (χ0v) is 16.6. The molecule has 0 atom stereocenters. The second kappa shape index (κ2) is 10.6. The predicted molar refractivity (Wildman–Crippen MR) is 103 cm³/mol. The van der Waals surface area contributed by atoms with Gasteiger partial charge in [0.15, 0.2) is 11.5 Å². The topological polar surface area (TPSA) is 58.2 Å². The minimum Gasteiger partial charge on any atom is -0.497 e. The van der Waals surface area contributed by atoms with E-state index in [4.69, 9.17) is 23.7 Å². The van der Waals surface area contributed by atoms with Crippen molar-refractivity contribution >= 4 is 12.4 Å². The molecule has 0 radical (unpaired) electrons. The van der Waals surface area contributed by atoms with Crippen LogP contribution in [0.15, 0.2) is 30.3 Å². The largest absolute Gasteiger partial charge is 0.497 e. The standard InChI is InChI=1S/C19H25NO5.ClH/c1-21-15-7-9-16(22-2)14(10-15)12-20-11-13-6-8-17(23-3)19(25-5)18(13)24-4;/h6-10,20H,11-12H2,1-5H3;1H. The Hall–Kier alpha value is -2.31. The van der Waals surface area contributed by atoms with Crippen LogP contribution in [0.5, 0.6) is 28.7 Å². The number of methoxy groups -OCH3 is 5. The smallest absolute Gasteiger partial charge is 0.203 e. The Morgan fingerprint density at radius 2 is 1.27 bits per heavy atom. The number of nitrogens with one attached hydrogen (secondary N) is 1. The van der Waals surface area contributed by atoms with E-state index in [0.29, 0.717) is 30.3 Å². The molecule has 2 rings (SSSR count). The summed E-state index contributed by atoms with van der Waals surface area (Å²) in [5.74, 6) is 3.49.